The molecular formula is C20H24ClN9O2. The second-order valence-electron chi connectivity index (χ2n) is 7.73. The molecule has 11 nitrogen and oxygen atoms in total. The molecule has 0 unspecified atom stereocenters. The number of halogens is 1. The molecule has 1 fully saturated rings. The number of benzene rings is 1. The molecule has 2 aromatic heterocycles. The van der Waals surface area contributed by atoms with Gasteiger partial charge in [-0.05, 0) is 47.9 Å². The first kappa shape index (κ1) is 21.9. The second-order valence-corrected chi connectivity index (χ2v) is 8.16. The Labute approximate surface area is 189 Å². The highest BCUT2D eigenvalue weighted by atomic mass is 35.5. The number of nitrogen functional groups attached to an aromatic ring is 1. The van der Waals surface area contributed by atoms with Crippen molar-refractivity contribution in [3.8, 4) is 5.82 Å². The van der Waals surface area contributed by atoms with Crippen molar-refractivity contribution in [1.29, 1.82) is 0 Å². The molecule has 0 spiro atoms. The molecule has 168 valence electrons. The van der Waals surface area contributed by atoms with E-state index >= 15 is 0 Å². The van der Waals surface area contributed by atoms with Gasteiger partial charge in [0.05, 0.1) is 11.9 Å². The number of hydrazone groups is 1. The monoisotopic (exact) mass is 457 g/mol. The van der Waals surface area contributed by atoms with E-state index in [1.165, 1.54) is 30.2 Å². The SMILES string of the molecule is CN(Cc1c(C(=O)NN=Cc2ccc(Cl)cc2)nnn1-c1nonc1N)C1CCCCC1. The molecule has 1 aliphatic carbocycles. The van der Waals surface area contributed by atoms with E-state index < -0.39 is 5.91 Å². The van der Waals surface area contributed by atoms with Gasteiger partial charge in [0.25, 0.3) is 5.91 Å². The molecule has 1 amide bonds. The normalized spacial score (nSPS) is 15.0. The molecule has 12 heteroatoms. The molecule has 32 heavy (non-hydrogen) atoms. The molecule has 0 radical (unpaired) electrons. The highest BCUT2D eigenvalue weighted by Gasteiger charge is 2.27. The topological polar surface area (TPSA) is 140 Å². The van der Waals surface area contributed by atoms with Crippen LogP contribution in [0.25, 0.3) is 5.82 Å². The van der Waals surface area contributed by atoms with E-state index in [2.05, 4.69) is 36.1 Å². The van der Waals surface area contributed by atoms with Crippen LogP contribution in [-0.4, -0.2) is 55.4 Å². The van der Waals surface area contributed by atoms with Crippen LogP contribution in [0.2, 0.25) is 5.02 Å². The lowest BCUT2D eigenvalue weighted by Gasteiger charge is -2.31. The molecule has 3 N–H and O–H groups in total. The van der Waals surface area contributed by atoms with Crippen LogP contribution >= 0.6 is 11.6 Å². The fourth-order valence-electron chi connectivity index (χ4n) is 3.78. The van der Waals surface area contributed by atoms with Crippen LogP contribution in [0.1, 0.15) is 53.8 Å². The van der Waals surface area contributed by atoms with E-state index in [4.69, 9.17) is 22.0 Å². The van der Waals surface area contributed by atoms with Crippen LogP contribution in [0.4, 0.5) is 5.82 Å². The van der Waals surface area contributed by atoms with Crippen LogP contribution in [0.15, 0.2) is 34.0 Å². The Bertz CT molecular complexity index is 1090. The number of hydrogen-bond donors (Lipinski definition) is 2. The minimum atomic E-state index is -0.497. The third-order valence-electron chi connectivity index (χ3n) is 5.52. The molecule has 1 saturated carbocycles. The van der Waals surface area contributed by atoms with E-state index in [0.717, 1.165) is 18.4 Å². The molecule has 2 heterocycles. The van der Waals surface area contributed by atoms with E-state index in [-0.39, 0.29) is 17.3 Å². The summed E-state index contributed by atoms with van der Waals surface area (Å²) in [5, 5.41) is 20.2. The zero-order chi connectivity index (χ0) is 22.5. The largest absolute Gasteiger partial charge is 0.378 e. The molecule has 1 aliphatic rings. The van der Waals surface area contributed by atoms with Crippen LogP contribution in [-0.2, 0) is 6.54 Å². The summed E-state index contributed by atoms with van der Waals surface area (Å²) in [4.78, 5) is 15.1. The summed E-state index contributed by atoms with van der Waals surface area (Å²) in [5.41, 5.74) is 9.80. The number of aromatic nitrogens is 5. The minimum Gasteiger partial charge on any atom is -0.378 e. The van der Waals surface area contributed by atoms with Crippen LogP contribution in [0.3, 0.4) is 0 Å². The number of carbonyl (C=O) groups is 1. The number of nitrogens with two attached hydrogens (primary N) is 1. The van der Waals surface area contributed by atoms with E-state index in [1.807, 2.05) is 7.05 Å². The van der Waals surface area contributed by atoms with E-state index in [9.17, 15) is 4.79 Å². The van der Waals surface area contributed by atoms with E-state index in [1.54, 1.807) is 24.3 Å². The molecule has 0 saturated heterocycles. The molecule has 0 atom stereocenters. The summed E-state index contributed by atoms with van der Waals surface area (Å²) < 4.78 is 6.10. The first-order chi connectivity index (χ1) is 15.5. The van der Waals surface area contributed by atoms with Gasteiger partial charge >= 0.3 is 0 Å². The average Bonchev–Trinajstić information content (AvgIpc) is 3.41. The Morgan fingerprint density at radius 1 is 1.31 bits per heavy atom. The Balaban J connectivity index is 1.56. The zero-order valence-corrected chi connectivity index (χ0v) is 18.4. The molecule has 0 bridgehead atoms. The van der Waals surface area contributed by atoms with Crippen molar-refractivity contribution >= 4 is 29.5 Å². The van der Waals surface area contributed by atoms with Crippen molar-refractivity contribution in [2.45, 2.75) is 44.7 Å². The van der Waals surface area contributed by atoms with Crippen LogP contribution in [0.5, 0.6) is 0 Å². The van der Waals surface area contributed by atoms with Crippen molar-refractivity contribution in [2.24, 2.45) is 5.10 Å². The fraction of sp³-hybridized carbons (Fsp3) is 0.400. The fourth-order valence-corrected chi connectivity index (χ4v) is 3.91. The van der Waals surface area contributed by atoms with Gasteiger partial charge in [-0.2, -0.15) is 9.78 Å². The standard InChI is InChI=1S/C20H24ClN9O2/c1-29(15-5-3-2-4-6-15)12-16-17(24-28-30(16)19-18(22)26-32-27-19)20(31)25-23-11-13-7-9-14(21)10-8-13/h7-11,15H,2-6,12H2,1H3,(H2,22,26)(H,25,31). The first-order valence-corrected chi connectivity index (χ1v) is 10.7. The van der Waals surface area contributed by atoms with Gasteiger partial charge in [0.1, 0.15) is 0 Å². The average molecular weight is 458 g/mol. The number of nitrogens with one attached hydrogen (secondary N) is 1. The Kier molecular flexibility index (Phi) is 6.76. The molecular weight excluding hydrogens is 434 g/mol. The van der Waals surface area contributed by atoms with Gasteiger partial charge in [-0.3, -0.25) is 9.69 Å². The van der Waals surface area contributed by atoms with Gasteiger partial charge in [0.2, 0.25) is 11.6 Å². The number of amides is 1. The van der Waals surface area contributed by atoms with Gasteiger partial charge in [-0.1, -0.05) is 48.2 Å². The maximum atomic E-state index is 12.9. The van der Waals surface area contributed by atoms with Gasteiger partial charge in [0, 0.05) is 17.6 Å². The van der Waals surface area contributed by atoms with Gasteiger partial charge < -0.3 is 5.73 Å². The van der Waals surface area contributed by atoms with Crippen LogP contribution < -0.4 is 11.2 Å². The van der Waals surface area contributed by atoms with Crippen molar-refractivity contribution < 1.29 is 9.42 Å². The Morgan fingerprint density at radius 2 is 2.06 bits per heavy atom. The predicted molar refractivity (Wildman–Crippen MR) is 118 cm³/mol. The Morgan fingerprint density at radius 3 is 2.75 bits per heavy atom. The first-order valence-electron chi connectivity index (χ1n) is 10.3. The number of nitrogens with zero attached hydrogens (tertiary/aromatic N) is 7. The summed E-state index contributed by atoms with van der Waals surface area (Å²) in [6.45, 7) is 0.424. The van der Waals surface area contributed by atoms with Gasteiger partial charge in [0.15, 0.2) is 5.69 Å². The smallest absolute Gasteiger partial charge is 0.293 e. The lowest BCUT2D eigenvalue weighted by molar-refractivity contribution is 0.0947. The molecule has 3 aromatic rings. The van der Waals surface area contributed by atoms with Crippen molar-refractivity contribution in [3.05, 3.63) is 46.2 Å². The third kappa shape index (κ3) is 4.94. The highest BCUT2D eigenvalue weighted by Crippen LogP contribution is 2.24. The second kappa shape index (κ2) is 9.88. The van der Waals surface area contributed by atoms with Crippen molar-refractivity contribution in [1.82, 2.24) is 35.6 Å². The summed E-state index contributed by atoms with van der Waals surface area (Å²) in [5.74, 6) is -0.249. The van der Waals surface area contributed by atoms with E-state index in [0.29, 0.717) is 23.3 Å². The number of rotatable bonds is 7. The van der Waals surface area contributed by atoms with Crippen molar-refractivity contribution in [3.63, 3.8) is 0 Å². The molecule has 0 aliphatic heterocycles. The number of anilines is 1. The highest BCUT2D eigenvalue weighted by molar-refractivity contribution is 6.30. The van der Waals surface area contributed by atoms with Crippen LogP contribution in [0, 0.1) is 0 Å². The lowest BCUT2D eigenvalue weighted by Crippen LogP contribution is -2.34. The number of hydrogen-bond acceptors (Lipinski definition) is 9. The summed E-state index contributed by atoms with van der Waals surface area (Å²) in [6.07, 6.45) is 7.38. The summed E-state index contributed by atoms with van der Waals surface area (Å²) >= 11 is 5.89. The lowest BCUT2D eigenvalue weighted by atomic mass is 9.94. The number of carbonyl (C=O) groups excluding carboxylic acids is 1. The predicted octanol–water partition coefficient (Wildman–Crippen LogP) is 2.41. The summed E-state index contributed by atoms with van der Waals surface area (Å²) in [6, 6.07) is 7.48. The molecule has 1 aromatic carbocycles. The third-order valence-corrected chi connectivity index (χ3v) is 5.77. The van der Waals surface area contributed by atoms with Crippen molar-refractivity contribution in [2.75, 3.05) is 12.8 Å². The van der Waals surface area contributed by atoms with Gasteiger partial charge in [-0.25, -0.2) is 10.1 Å². The van der Waals surface area contributed by atoms with Gasteiger partial charge in [-0.15, -0.1) is 5.10 Å². The maximum Gasteiger partial charge on any atom is 0.293 e. The zero-order valence-electron chi connectivity index (χ0n) is 17.6. The Hall–Kier alpha value is -3.31. The maximum absolute atomic E-state index is 12.9. The minimum absolute atomic E-state index is 0.0594. The summed E-state index contributed by atoms with van der Waals surface area (Å²) in [7, 11) is 2.03. The molecule has 4 rings (SSSR count). The quantitative estimate of drug-likeness (QED) is 0.407.